The van der Waals surface area contributed by atoms with Gasteiger partial charge in [0, 0.05) is 25.4 Å². The number of allylic oxidation sites excluding steroid dienone is 1. The van der Waals surface area contributed by atoms with Crippen molar-refractivity contribution in [3.63, 3.8) is 0 Å². The number of likely N-dealkylation sites (tertiary alicyclic amines) is 1. The SMILES string of the molecule is C=C1CC2(C1)CN(C(C)=O)C2. The van der Waals surface area contributed by atoms with Crippen molar-refractivity contribution in [2.45, 2.75) is 19.8 Å². The number of nitrogens with zero attached hydrogens (tertiary/aromatic N) is 1. The lowest BCUT2D eigenvalue weighted by atomic mass is 9.61. The van der Waals surface area contributed by atoms with Crippen LogP contribution in [0.2, 0.25) is 0 Å². The van der Waals surface area contributed by atoms with E-state index in [-0.39, 0.29) is 5.91 Å². The summed E-state index contributed by atoms with van der Waals surface area (Å²) < 4.78 is 0. The third-order valence-electron chi connectivity index (χ3n) is 2.75. The molecule has 0 atom stereocenters. The van der Waals surface area contributed by atoms with E-state index in [0.29, 0.717) is 5.41 Å². The van der Waals surface area contributed by atoms with Crippen molar-refractivity contribution in [3.8, 4) is 0 Å². The fourth-order valence-corrected chi connectivity index (χ4v) is 2.22. The second-order valence-electron chi connectivity index (χ2n) is 3.98. The highest BCUT2D eigenvalue weighted by atomic mass is 16.2. The van der Waals surface area contributed by atoms with E-state index in [1.165, 1.54) is 5.57 Å². The molecule has 0 radical (unpaired) electrons. The molecule has 1 saturated carbocycles. The molecule has 2 heteroatoms. The van der Waals surface area contributed by atoms with Gasteiger partial charge in [0.2, 0.25) is 5.91 Å². The molecule has 1 heterocycles. The Bertz CT molecular complexity index is 216. The topological polar surface area (TPSA) is 20.3 Å². The molecule has 0 aromatic rings. The molecular weight excluding hydrogens is 138 g/mol. The number of rotatable bonds is 0. The third kappa shape index (κ3) is 0.889. The van der Waals surface area contributed by atoms with Crippen molar-refractivity contribution in [2.24, 2.45) is 5.41 Å². The largest absolute Gasteiger partial charge is 0.342 e. The van der Waals surface area contributed by atoms with Gasteiger partial charge in [-0.2, -0.15) is 0 Å². The van der Waals surface area contributed by atoms with Gasteiger partial charge in [-0.25, -0.2) is 0 Å². The molecule has 1 amide bonds. The van der Waals surface area contributed by atoms with E-state index in [0.717, 1.165) is 25.9 Å². The second kappa shape index (κ2) is 1.87. The average Bonchev–Trinajstić information content (AvgIpc) is 1.73. The summed E-state index contributed by atoms with van der Waals surface area (Å²) >= 11 is 0. The molecule has 1 saturated heterocycles. The normalized spacial score (nSPS) is 26.3. The van der Waals surface area contributed by atoms with Crippen molar-refractivity contribution in [3.05, 3.63) is 12.2 Å². The number of carbonyl (C=O) groups is 1. The van der Waals surface area contributed by atoms with E-state index in [2.05, 4.69) is 6.58 Å². The van der Waals surface area contributed by atoms with Crippen LogP contribution in [0.15, 0.2) is 12.2 Å². The molecule has 0 aromatic carbocycles. The summed E-state index contributed by atoms with van der Waals surface area (Å²) in [5.74, 6) is 0.216. The molecular formula is C9H13NO. The molecule has 2 nitrogen and oxygen atoms in total. The Morgan fingerprint density at radius 2 is 2.09 bits per heavy atom. The molecule has 1 spiro atoms. The van der Waals surface area contributed by atoms with Gasteiger partial charge >= 0.3 is 0 Å². The van der Waals surface area contributed by atoms with E-state index in [9.17, 15) is 4.79 Å². The minimum atomic E-state index is 0.216. The van der Waals surface area contributed by atoms with Crippen LogP contribution in [0.5, 0.6) is 0 Å². The Morgan fingerprint density at radius 3 is 2.45 bits per heavy atom. The first kappa shape index (κ1) is 6.89. The summed E-state index contributed by atoms with van der Waals surface area (Å²) in [6.45, 7) is 7.49. The number of hydrogen-bond donors (Lipinski definition) is 0. The minimum absolute atomic E-state index is 0.216. The second-order valence-corrected chi connectivity index (χ2v) is 3.98. The fraction of sp³-hybridized carbons (Fsp3) is 0.667. The molecule has 0 N–H and O–H groups in total. The highest BCUT2D eigenvalue weighted by molar-refractivity contribution is 5.74. The predicted octanol–water partition coefficient (Wildman–Crippen LogP) is 1.18. The summed E-state index contributed by atoms with van der Waals surface area (Å²) in [7, 11) is 0. The van der Waals surface area contributed by atoms with Crippen LogP contribution in [0.1, 0.15) is 19.8 Å². The average molecular weight is 151 g/mol. The molecule has 1 aliphatic heterocycles. The summed E-state index contributed by atoms with van der Waals surface area (Å²) in [4.78, 5) is 12.7. The zero-order valence-electron chi connectivity index (χ0n) is 6.89. The zero-order valence-corrected chi connectivity index (χ0v) is 6.89. The maximum Gasteiger partial charge on any atom is 0.219 e. The van der Waals surface area contributed by atoms with Crippen molar-refractivity contribution in [1.29, 1.82) is 0 Å². The van der Waals surface area contributed by atoms with Crippen LogP contribution in [0, 0.1) is 5.41 Å². The monoisotopic (exact) mass is 151 g/mol. The highest BCUT2D eigenvalue weighted by Gasteiger charge is 2.49. The molecule has 0 bridgehead atoms. The lowest BCUT2D eigenvalue weighted by molar-refractivity contribution is -0.143. The summed E-state index contributed by atoms with van der Waals surface area (Å²) in [5, 5.41) is 0. The first-order valence-electron chi connectivity index (χ1n) is 4.04. The summed E-state index contributed by atoms with van der Waals surface area (Å²) in [6.07, 6.45) is 2.30. The number of hydrogen-bond acceptors (Lipinski definition) is 1. The summed E-state index contributed by atoms with van der Waals surface area (Å²) in [5.41, 5.74) is 1.83. The van der Waals surface area contributed by atoms with Gasteiger partial charge in [0.1, 0.15) is 0 Å². The Kier molecular flexibility index (Phi) is 1.17. The van der Waals surface area contributed by atoms with Gasteiger partial charge in [0.05, 0.1) is 0 Å². The Balaban J connectivity index is 1.89. The van der Waals surface area contributed by atoms with Gasteiger partial charge in [-0.15, -0.1) is 0 Å². The van der Waals surface area contributed by atoms with Crippen LogP contribution in [-0.2, 0) is 4.79 Å². The molecule has 11 heavy (non-hydrogen) atoms. The van der Waals surface area contributed by atoms with E-state index >= 15 is 0 Å². The highest BCUT2D eigenvalue weighted by Crippen LogP contribution is 2.50. The maximum atomic E-state index is 10.8. The van der Waals surface area contributed by atoms with E-state index < -0.39 is 0 Å². The van der Waals surface area contributed by atoms with Gasteiger partial charge in [-0.1, -0.05) is 12.2 Å². The van der Waals surface area contributed by atoms with Crippen LogP contribution < -0.4 is 0 Å². The molecule has 2 rings (SSSR count). The standard InChI is InChI=1S/C9H13NO/c1-7-3-9(4-7)5-10(6-9)8(2)11/h1,3-6H2,2H3. The lowest BCUT2D eigenvalue weighted by Gasteiger charge is -2.56. The van der Waals surface area contributed by atoms with Crippen LogP contribution in [0.3, 0.4) is 0 Å². The van der Waals surface area contributed by atoms with E-state index in [1.807, 2.05) is 4.90 Å². The maximum absolute atomic E-state index is 10.8. The van der Waals surface area contributed by atoms with Crippen molar-refractivity contribution < 1.29 is 4.79 Å². The Hall–Kier alpha value is -0.790. The van der Waals surface area contributed by atoms with Crippen molar-refractivity contribution >= 4 is 5.91 Å². The summed E-state index contributed by atoms with van der Waals surface area (Å²) in [6, 6.07) is 0. The van der Waals surface area contributed by atoms with Crippen LogP contribution >= 0.6 is 0 Å². The molecule has 1 aliphatic carbocycles. The van der Waals surface area contributed by atoms with E-state index in [4.69, 9.17) is 0 Å². The Morgan fingerprint density at radius 1 is 1.55 bits per heavy atom. The van der Waals surface area contributed by atoms with E-state index in [1.54, 1.807) is 6.92 Å². The van der Waals surface area contributed by atoms with Gasteiger partial charge in [-0.05, 0) is 12.8 Å². The van der Waals surface area contributed by atoms with Gasteiger partial charge < -0.3 is 4.90 Å². The zero-order chi connectivity index (χ0) is 8.06. The first-order chi connectivity index (χ1) is 5.11. The fourth-order valence-electron chi connectivity index (χ4n) is 2.22. The molecule has 0 aromatic heterocycles. The third-order valence-corrected chi connectivity index (χ3v) is 2.75. The van der Waals surface area contributed by atoms with Gasteiger partial charge in [-0.3, -0.25) is 4.79 Å². The molecule has 2 fully saturated rings. The predicted molar refractivity (Wildman–Crippen MR) is 43.1 cm³/mol. The van der Waals surface area contributed by atoms with Gasteiger partial charge in [0.15, 0.2) is 0 Å². The molecule has 60 valence electrons. The first-order valence-corrected chi connectivity index (χ1v) is 4.04. The minimum Gasteiger partial charge on any atom is -0.342 e. The lowest BCUT2D eigenvalue weighted by Crippen LogP contribution is -2.61. The van der Waals surface area contributed by atoms with Crippen molar-refractivity contribution in [1.82, 2.24) is 4.90 Å². The van der Waals surface area contributed by atoms with Crippen LogP contribution in [0.4, 0.5) is 0 Å². The van der Waals surface area contributed by atoms with Gasteiger partial charge in [0.25, 0.3) is 0 Å². The quantitative estimate of drug-likeness (QED) is 0.476. The Labute approximate surface area is 66.9 Å². The molecule has 2 aliphatic rings. The van der Waals surface area contributed by atoms with Crippen LogP contribution in [-0.4, -0.2) is 23.9 Å². The number of amides is 1. The van der Waals surface area contributed by atoms with Crippen LogP contribution in [0.25, 0.3) is 0 Å². The molecule has 0 unspecified atom stereocenters. The smallest absolute Gasteiger partial charge is 0.219 e. The van der Waals surface area contributed by atoms with Crippen molar-refractivity contribution in [2.75, 3.05) is 13.1 Å². The number of carbonyl (C=O) groups excluding carboxylic acids is 1.